The number of hydrogen-bond donors (Lipinski definition) is 1. The first-order chi connectivity index (χ1) is 8.25. The summed E-state index contributed by atoms with van der Waals surface area (Å²) in [5, 5.41) is 7.34. The lowest BCUT2D eigenvalue weighted by Crippen LogP contribution is -2.08. The van der Waals surface area contributed by atoms with E-state index >= 15 is 0 Å². The van der Waals surface area contributed by atoms with E-state index in [-0.39, 0.29) is 0 Å². The van der Waals surface area contributed by atoms with Crippen LogP contribution in [-0.4, -0.2) is 25.8 Å². The minimum Gasteiger partial charge on any atom is -0.378 e. The number of aromatic nitrogens is 1. The van der Waals surface area contributed by atoms with Gasteiger partial charge < -0.3 is 14.7 Å². The van der Waals surface area contributed by atoms with Gasteiger partial charge in [0.25, 0.3) is 0 Å². The van der Waals surface area contributed by atoms with Crippen molar-refractivity contribution in [1.29, 1.82) is 0 Å². The van der Waals surface area contributed by atoms with E-state index in [4.69, 9.17) is 4.52 Å². The van der Waals surface area contributed by atoms with Gasteiger partial charge in [0, 0.05) is 37.5 Å². The summed E-state index contributed by atoms with van der Waals surface area (Å²) >= 11 is 0. The highest BCUT2D eigenvalue weighted by atomic mass is 16.5. The maximum Gasteiger partial charge on any atom is 0.228 e. The molecule has 1 aliphatic heterocycles. The van der Waals surface area contributed by atoms with Crippen LogP contribution in [0.4, 0.5) is 11.6 Å². The molecule has 1 aromatic heterocycles. The van der Waals surface area contributed by atoms with Crippen LogP contribution in [0.15, 0.2) is 28.8 Å². The van der Waals surface area contributed by atoms with Crippen molar-refractivity contribution in [2.75, 3.05) is 30.9 Å². The largest absolute Gasteiger partial charge is 0.378 e. The van der Waals surface area contributed by atoms with Gasteiger partial charge in [-0.2, -0.15) is 0 Å². The van der Waals surface area contributed by atoms with Crippen LogP contribution in [0, 0.1) is 0 Å². The fourth-order valence-corrected chi connectivity index (χ4v) is 2.14. The highest BCUT2D eigenvalue weighted by Crippen LogP contribution is 2.33. The van der Waals surface area contributed by atoms with E-state index in [1.807, 2.05) is 20.2 Å². The summed E-state index contributed by atoms with van der Waals surface area (Å²) in [7, 11) is 4.07. The molecule has 0 atom stereocenters. The summed E-state index contributed by atoms with van der Waals surface area (Å²) in [6.07, 6.45) is 0.986. The molecule has 3 rings (SSSR count). The van der Waals surface area contributed by atoms with Gasteiger partial charge in [-0.15, -0.1) is 0 Å². The first-order valence-corrected chi connectivity index (χ1v) is 5.76. The molecule has 0 aliphatic carbocycles. The number of fused-ring (bicyclic) bond motifs is 1. The summed E-state index contributed by atoms with van der Waals surface area (Å²) in [5.74, 6) is 0.829. The van der Waals surface area contributed by atoms with Gasteiger partial charge in [0.15, 0.2) is 0 Å². The molecule has 17 heavy (non-hydrogen) atoms. The third-order valence-electron chi connectivity index (χ3n) is 3.08. The first-order valence-electron chi connectivity index (χ1n) is 5.76. The van der Waals surface area contributed by atoms with Crippen LogP contribution in [0.25, 0.3) is 11.3 Å². The van der Waals surface area contributed by atoms with Crippen LogP contribution in [0.2, 0.25) is 0 Å². The molecule has 1 aromatic carbocycles. The standard InChI is InChI=1S/C13H15N3O/c1-16(2)10-5-3-4-9(8-10)12-11-6-7-14-13(11)17-15-12/h3-5,8,14H,6-7H2,1-2H3. The molecule has 0 radical (unpaired) electrons. The predicted molar refractivity (Wildman–Crippen MR) is 68.5 cm³/mol. The summed E-state index contributed by atoms with van der Waals surface area (Å²) in [6, 6.07) is 8.34. The van der Waals surface area contributed by atoms with E-state index in [9.17, 15) is 0 Å². The van der Waals surface area contributed by atoms with Crippen LogP contribution >= 0.6 is 0 Å². The van der Waals surface area contributed by atoms with Crippen molar-refractivity contribution < 1.29 is 4.52 Å². The fourth-order valence-electron chi connectivity index (χ4n) is 2.14. The van der Waals surface area contributed by atoms with Crippen molar-refractivity contribution in [2.24, 2.45) is 0 Å². The van der Waals surface area contributed by atoms with Crippen LogP contribution in [0.5, 0.6) is 0 Å². The third kappa shape index (κ3) is 1.65. The van der Waals surface area contributed by atoms with E-state index < -0.39 is 0 Å². The molecule has 0 saturated heterocycles. The quantitative estimate of drug-likeness (QED) is 0.858. The summed E-state index contributed by atoms with van der Waals surface area (Å²) in [5.41, 5.74) is 4.45. The molecule has 0 bridgehead atoms. The molecule has 1 aliphatic rings. The van der Waals surface area contributed by atoms with E-state index in [2.05, 4.69) is 33.6 Å². The van der Waals surface area contributed by atoms with E-state index in [1.54, 1.807) is 0 Å². The van der Waals surface area contributed by atoms with Crippen molar-refractivity contribution in [3.8, 4) is 11.3 Å². The Morgan fingerprint density at radius 2 is 2.24 bits per heavy atom. The monoisotopic (exact) mass is 229 g/mol. The second-order valence-electron chi connectivity index (χ2n) is 4.46. The van der Waals surface area contributed by atoms with Gasteiger partial charge in [0.1, 0.15) is 5.69 Å². The number of rotatable bonds is 2. The number of nitrogens with one attached hydrogen (secondary N) is 1. The van der Waals surface area contributed by atoms with Crippen LogP contribution in [0.3, 0.4) is 0 Å². The maximum absolute atomic E-state index is 5.29. The number of anilines is 2. The summed E-state index contributed by atoms with van der Waals surface area (Å²) in [4.78, 5) is 2.09. The Kier molecular flexibility index (Phi) is 2.28. The Labute approximate surface area is 100 Å². The van der Waals surface area contributed by atoms with Crippen molar-refractivity contribution >= 4 is 11.6 Å². The number of nitrogens with zero attached hydrogens (tertiary/aromatic N) is 2. The Morgan fingerprint density at radius 3 is 3.06 bits per heavy atom. The lowest BCUT2D eigenvalue weighted by Gasteiger charge is -2.12. The van der Waals surface area contributed by atoms with Crippen LogP contribution < -0.4 is 10.2 Å². The molecule has 4 nitrogen and oxygen atoms in total. The summed E-state index contributed by atoms with van der Waals surface area (Å²) in [6.45, 7) is 0.942. The minimum absolute atomic E-state index is 0.829. The molecule has 2 aromatic rings. The molecular weight excluding hydrogens is 214 g/mol. The molecule has 0 amide bonds. The molecule has 0 unspecified atom stereocenters. The van der Waals surface area contributed by atoms with Gasteiger partial charge in [-0.3, -0.25) is 0 Å². The van der Waals surface area contributed by atoms with Gasteiger partial charge in [-0.05, 0) is 18.6 Å². The zero-order chi connectivity index (χ0) is 11.8. The Balaban J connectivity index is 2.06. The SMILES string of the molecule is CN(C)c1cccc(-c2noc3c2CCN3)c1. The Bertz CT molecular complexity index is 545. The van der Waals surface area contributed by atoms with E-state index in [0.29, 0.717) is 0 Å². The molecule has 0 spiro atoms. The van der Waals surface area contributed by atoms with Crippen LogP contribution in [0.1, 0.15) is 5.56 Å². The normalized spacial score (nSPS) is 13.3. The highest BCUT2D eigenvalue weighted by molar-refractivity contribution is 5.72. The molecular formula is C13H15N3O. The molecule has 4 heteroatoms. The van der Waals surface area contributed by atoms with Crippen molar-refractivity contribution in [1.82, 2.24) is 5.16 Å². The molecule has 1 N–H and O–H groups in total. The number of hydrogen-bond acceptors (Lipinski definition) is 4. The van der Waals surface area contributed by atoms with E-state index in [1.165, 1.54) is 11.3 Å². The van der Waals surface area contributed by atoms with Crippen molar-refractivity contribution in [2.45, 2.75) is 6.42 Å². The molecule has 88 valence electrons. The Morgan fingerprint density at radius 1 is 1.35 bits per heavy atom. The second-order valence-corrected chi connectivity index (χ2v) is 4.46. The van der Waals surface area contributed by atoms with Gasteiger partial charge in [0.05, 0.1) is 0 Å². The van der Waals surface area contributed by atoms with Gasteiger partial charge in [-0.1, -0.05) is 17.3 Å². The average Bonchev–Trinajstić information content (AvgIpc) is 2.90. The third-order valence-corrected chi connectivity index (χ3v) is 3.08. The van der Waals surface area contributed by atoms with Gasteiger partial charge in [0.2, 0.25) is 5.88 Å². The smallest absolute Gasteiger partial charge is 0.228 e. The predicted octanol–water partition coefficient (Wildman–Crippen LogP) is 2.38. The first kappa shape index (κ1) is 10.2. The Hall–Kier alpha value is -1.97. The highest BCUT2D eigenvalue weighted by Gasteiger charge is 2.21. The van der Waals surface area contributed by atoms with Gasteiger partial charge >= 0.3 is 0 Å². The van der Waals surface area contributed by atoms with Crippen molar-refractivity contribution in [3.63, 3.8) is 0 Å². The topological polar surface area (TPSA) is 41.3 Å². The zero-order valence-electron chi connectivity index (χ0n) is 10.0. The second kappa shape index (κ2) is 3.80. The minimum atomic E-state index is 0.829. The van der Waals surface area contributed by atoms with E-state index in [0.717, 1.165) is 30.1 Å². The molecule has 0 fully saturated rings. The average molecular weight is 229 g/mol. The lowest BCUT2D eigenvalue weighted by molar-refractivity contribution is 0.436. The van der Waals surface area contributed by atoms with Gasteiger partial charge in [-0.25, -0.2) is 0 Å². The number of benzene rings is 1. The zero-order valence-corrected chi connectivity index (χ0v) is 10.0. The summed E-state index contributed by atoms with van der Waals surface area (Å²) < 4.78 is 5.29. The fraction of sp³-hybridized carbons (Fsp3) is 0.308. The molecule has 0 saturated carbocycles. The van der Waals surface area contributed by atoms with Crippen LogP contribution in [-0.2, 0) is 6.42 Å². The lowest BCUT2D eigenvalue weighted by atomic mass is 10.1. The van der Waals surface area contributed by atoms with Crippen molar-refractivity contribution in [3.05, 3.63) is 29.8 Å². The maximum atomic E-state index is 5.29. The molecule has 2 heterocycles.